The summed E-state index contributed by atoms with van der Waals surface area (Å²) in [4.78, 5) is 25.7. The lowest BCUT2D eigenvalue weighted by Gasteiger charge is -2.10. The van der Waals surface area contributed by atoms with Gasteiger partial charge < -0.3 is 0 Å². The van der Waals surface area contributed by atoms with Gasteiger partial charge in [-0.25, -0.2) is 0 Å². The van der Waals surface area contributed by atoms with Gasteiger partial charge in [-0.3, -0.25) is 9.59 Å². The molecule has 0 unspecified atom stereocenters. The minimum absolute atomic E-state index is 0.126. The molecule has 0 N–H and O–H groups in total. The quantitative estimate of drug-likeness (QED) is 0.631. The zero-order chi connectivity index (χ0) is 12.7. The second-order valence-electron chi connectivity index (χ2n) is 3.94. The van der Waals surface area contributed by atoms with E-state index in [1.807, 2.05) is 0 Å². The van der Waals surface area contributed by atoms with Crippen LogP contribution in [0.3, 0.4) is 0 Å². The van der Waals surface area contributed by atoms with Crippen LogP contribution in [-0.4, -0.2) is 26.6 Å². The average molecular weight is 239 g/mol. The van der Waals surface area contributed by atoms with Crippen molar-refractivity contribution in [1.29, 1.82) is 0 Å². The third kappa shape index (κ3) is 1.34. The van der Waals surface area contributed by atoms with Gasteiger partial charge in [-0.05, 0) is 0 Å². The van der Waals surface area contributed by atoms with Crippen molar-refractivity contribution < 1.29 is 9.59 Å². The summed E-state index contributed by atoms with van der Waals surface area (Å²) in [6.07, 6.45) is 1.60. The van der Waals surface area contributed by atoms with Crippen LogP contribution >= 0.6 is 0 Å². The first kappa shape index (κ1) is 10.6. The molecule has 5 heteroatoms. The number of hydrogen-bond acceptors (Lipinski definition) is 4. The van der Waals surface area contributed by atoms with Crippen LogP contribution in [0.2, 0.25) is 0 Å². The fraction of sp³-hybridized carbons (Fsp3) is 0.0769. The van der Waals surface area contributed by atoms with Gasteiger partial charge in [-0.1, -0.05) is 30.3 Å². The summed E-state index contributed by atoms with van der Waals surface area (Å²) >= 11 is 0. The van der Waals surface area contributed by atoms with Crippen LogP contribution < -0.4 is 0 Å². The molecule has 0 saturated heterocycles. The van der Waals surface area contributed by atoms with Crippen LogP contribution in [0.15, 0.2) is 36.9 Å². The first-order valence-corrected chi connectivity index (χ1v) is 5.47. The van der Waals surface area contributed by atoms with Crippen LogP contribution in [0.4, 0.5) is 0 Å². The molecule has 1 aliphatic carbocycles. The number of ketones is 2. The summed E-state index contributed by atoms with van der Waals surface area (Å²) in [5, 5.41) is 8.07. The molecule has 1 heterocycles. The van der Waals surface area contributed by atoms with Gasteiger partial charge in [0.25, 0.3) is 0 Å². The van der Waals surface area contributed by atoms with E-state index in [-0.39, 0.29) is 23.0 Å². The smallest absolute Gasteiger partial charge is 0.216 e. The van der Waals surface area contributed by atoms with Gasteiger partial charge in [0.1, 0.15) is 0 Å². The van der Waals surface area contributed by atoms with Crippen LogP contribution in [0.1, 0.15) is 32.1 Å². The minimum Gasteiger partial charge on any atom is -0.287 e. The Labute approximate surface area is 103 Å². The molecular formula is C13H9N3O2. The molecule has 1 aliphatic rings. The van der Waals surface area contributed by atoms with Gasteiger partial charge in [0.05, 0.1) is 6.54 Å². The Bertz CT molecular complexity index is 633. The zero-order valence-corrected chi connectivity index (χ0v) is 9.46. The molecule has 0 aliphatic heterocycles. The summed E-state index contributed by atoms with van der Waals surface area (Å²) in [6.45, 7) is 3.93. The lowest BCUT2D eigenvalue weighted by atomic mass is 9.90. The van der Waals surface area contributed by atoms with E-state index in [9.17, 15) is 9.59 Å². The maximum absolute atomic E-state index is 12.2. The predicted octanol–water partition coefficient (Wildman–Crippen LogP) is 1.24. The van der Waals surface area contributed by atoms with Crippen molar-refractivity contribution in [2.24, 2.45) is 0 Å². The molecule has 88 valence electrons. The van der Waals surface area contributed by atoms with Crippen molar-refractivity contribution in [2.45, 2.75) is 6.54 Å². The number of rotatable bonds is 2. The van der Waals surface area contributed by atoms with E-state index in [0.29, 0.717) is 17.7 Å². The Balaban J connectivity index is 2.21. The van der Waals surface area contributed by atoms with Crippen molar-refractivity contribution in [3.8, 4) is 0 Å². The molecule has 0 radical (unpaired) electrons. The Morgan fingerprint density at radius 1 is 1.06 bits per heavy atom. The molecule has 0 amide bonds. The number of benzene rings is 1. The van der Waals surface area contributed by atoms with E-state index in [1.165, 1.54) is 4.80 Å². The third-order valence-corrected chi connectivity index (χ3v) is 2.79. The normalized spacial score (nSPS) is 13.1. The summed E-state index contributed by atoms with van der Waals surface area (Å²) in [5.74, 6) is -0.508. The van der Waals surface area contributed by atoms with E-state index in [2.05, 4.69) is 16.8 Å². The molecule has 0 bridgehead atoms. The molecule has 0 atom stereocenters. The highest BCUT2D eigenvalue weighted by Crippen LogP contribution is 2.24. The lowest BCUT2D eigenvalue weighted by molar-refractivity contribution is 0.0974. The highest BCUT2D eigenvalue weighted by atomic mass is 16.1. The SMILES string of the molecule is C=CCn1nc2c(n1)C(=O)c1ccccc1C2=O. The van der Waals surface area contributed by atoms with E-state index < -0.39 is 0 Å². The fourth-order valence-corrected chi connectivity index (χ4v) is 1.99. The number of aromatic nitrogens is 3. The largest absolute Gasteiger partial charge is 0.287 e. The molecular weight excluding hydrogens is 230 g/mol. The average Bonchev–Trinajstić information content (AvgIpc) is 2.81. The van der Waals surface area contributed by atoms with Gasteiger partial charge in [0.2, 0.25) is 11.6 Å². The molecule has 0 saturated carbocycles. The molecule has 0 spiro atoms. The molecule has 1 aromatic carbocycles. The summed E-state index contributed by atoms with van der Waals surface area (Å²) in [5.41, 5.74) is 1.03. The lowest BCUT2D eigenvalue weighted by Crippen LogP contribution is -2.20. The number of nitrogens with zero attached hydrogens (tertiary/aromatic N) is 3. The van der Waals surface area contributed by atoms with E-state index in [4.69, 9.17) is 0 Å². The van der Waals surface area contributed by atoms with Crippen LogP contribution in [0.25, 0.3) is 0 Å². The first-order valence-electron chi connectivity index (χ1n) is 5.47. The molecule has 5 nitrogen and oxygen atoms in total. The van der Waals surface area contributed by atoms with Gasteiger partial charge >= 0.3 is 0 Å². The Kier molecular flexibility index (Phi) is 2.19. The number of allylic oxidation sites excluding steroid dienone is 1. The van der Waals surface area contributed by atoms with E-state index in [1.54, 1.807) is 30.3 Å². The van der Waals surface area contributed by atoms with Crippen LogP contribution in [-0.2, 0) is 6.54 Å². The third-order valence-electron chi connectivity index (χ3n) is 2.79. The highest BCUT2D eigenvalue weighted by Gasteiger charge is 2.33. The fourth-order valence-electron chi connectivity index (χ4n) is 1.99. The van der Waals surface area contributed by atoms with Gasteiger partial charge in [0, 0.05) is 11.1 Å². The second kappa shape index (κ2) is 3.73. The van der Waals surface area contributed by atoms with Gasteiger partial charge in [-0.2, -0.15) is 4.80 Å². The highest BCUT2D eigenvalue weighted by molar-refractivity contribution is 6.26. The van der Waals surface area contributed by atoms with E-state index >= 15 is 0 Å². The summed E-state index contributed by atoms with van der Waals surface area (Å²) in [7, 11) is 0. The number of carbonyl (C=O) groups is 2. The van der Waals surface area contributed by atoms with Crippen molar-refractivity contribution >= 4 is 11.6 Å². The molecule has 0 fully saturated rings. The van der Waals surface area contributed by atoms with Crippen molar-refractivity contribution in [3.05, 3.63) is 59.4 Å². The minimum atomic E-state index is -0.254. The number of fused-ring (bicyclic) bond motifs is 2. The molecule has 1 aromatic heterocycles. The monoisotopic (exact) mass is 239 g/mol. The number of hydrogen-bond donors (Lipinski definition) is 0. The van der Waals surface area contributed by atoms with Crippen molar-refractivity contribution in [1.82, 2.24) is 15.0 Å². The summed E-state index contributed by atoms with van der Waals surface area (Å²) < 4.78 is 0. The molecule has 18 heavy (non-hydrogen) atoms. The standard InChI is InChI=1S/C13H9N3O2/c1-2-7-16-14-10-11(15-16)13(18)9-6-4-3-5-8(9)12(10)17/h2-6H,1,7H2. The Hall–Kier alpha value is -2.56. The zero-order valence-electron chi connectivity index (χ0n) is 9.46. The number of carbonyl (C=O) groups excluding carboxylic acids is 2. The first-order chi connectivity index (χ1) is 8.72. The van der Waals surface area contributed by atoms with Crippen molar-refractivity contribution in [2.75, 3.05) is 0 Å². The van der Waals surface area contributed by atoms with Crippen molar-refractivity contribution in [3.63, 3.8) is 0 Å². The van der Waals surface area contributed by atoms with Gasteiger partial charge in [-0.15, -0.1) is 16.8 Å². The molecule has 2 aromatic rings. The topological polar surface area (TPSA) is 64.8 Å². The summed E-state index contributed by atoms with van der Waals surface area (Å²) in [6, 6.07) is 6.71. The molecule has 3 rings (SSSR count). The maximum atomic E-state index is 12.2. The van der Waals surface area contributed by atoms with Crippen LogP contribution in [0.5, 0.6) is 0 Å². The second-order valence-corrected chi connectivity index (χ2v) is 3.94. The van der Waals surface area contributed by atoms with E-state index in [0.717, 1.165) is 0 Å². The van der Waals surface area contributed by atoms with Crippen LogP contribution in [0, 0.1) is 0 Å². The van der Waals surface area contributed by atoms with Gasteiger partial charge in [0.15, 0.2) is 11.4 Å². The predicted molar refractivity (Wildman–Crippen MR) is 63.5 cm³/mol. The Morgan fingerprint density at radius 2 is 1.56 bits per heavy atom. The Morgan fingerprint density at radius 3 is 2.00 bits per heavy atom. The maximum Gasteiger partial charge on any atom is 0.216 e.